The van der Waals surface area contributed by atoms with E-state index in [0.29, 0.717) is 11.7 Å². The van der Waals surface area contributed by atoms with Crippen LogP contribution in [0.4, 0.5) is 0 Å². The van der Waals surface area contributed by atoms with E-state index in [9.17, 15) is 0 Å². The summed E-state index contributed by atoms with van der Waals surface area (Å²) in [4.78, 5) is 0. The highest BCUT2D eigenvalue weighted by Crippen LogP contribution is 2.08. The highest BCUT2D eigenvalue weighted by atomic mass is 16.3. The number of hydrogen-bond donors (Lipinski definition) is 2. The zero-order chi connectivity index (χ0) is 9.84. The Bertz CT molecular complexity index is 258. The standard InChI is InChI=1S/C8H16N4O/c1-6(2)3-12-5-10-11-8(12)7(9)4-13/h5-7,13H,3-4,9H2,1-2H3. The molecule has 5 heteroatoms. The van der Waals surface area contributed by atoms with E-state index in [1.165, 1.54) is 0 Å². The summed E-state index contributed by atoms with van der Waals surface area (Å²) in [7, 11) is 0. The molecule has 0 aliphatic carbocycles. The molecule has 0 saturated heterocycles. The Morgan fingerprint density at radius 2 is 2.31 bits per heavy atom. The lowest BCUT2D eigenvalue weighted by Crippen LogP contribution is -2.21. The van der Waals surface area contributed by atoms with Gasteiger partial charge in [-0.25, -0.2) is 0 Å². The molecule has 1 unspecified atom stereocenters. The van der Waals surface area contributed by atoms with Crippen LogP contribution >= 0.6 is 0 Å². The van der Waals surface area contributed by atoms with Crippen molar-refractivity contribution in [2.45, 2.75) is 26.4 Å². The summed E-state index contributed by atoms with van der Waals surface area (Å²) in [6, 6.07) is -0.429. The molecule has 13 heavy (non-hydrogen) atoms. The van der Waals surface area contributed by atoms with Gasteiger partial charge in [0, 0.05) is 6.54 Å². The van der Waals surface area contributed by atoms with Crippen LogP contribution in [0, 0.1) is 5.92 Å². The Morgan fingerprint density at radius 1 is 1.62 bits per heavy atom. The third kappa shape index (κ3) is 2.50. The van der Waals surface area contributed by atoms with Crippen molar-refractivity contribution in [3.05, 3.63) is 12.2 Å². The van der Waals surface area contributed by atoms with Crippen molar-refractivity contribution in [2.24, 2.45) is 11.7 Å². The van der Waals surface area contributed by atoms with Crippen LogP contribution in [0.25, 0.3) is 0 Å². The zero-order valence-corrected chi connectivity index (χ0v) is 8.01. The fourth-order valence-corrected chi connectivity index (χ4v) is 1.17. The fraction of sp³-hybridized carbons (Fsp3) is 0.750. The van der Waals surface area contributed by atoms with Gasteiger partial charge in [0.05, 0.1) is 12.6 Å². The topological polar surface area (TPSA) is 77.0 Å². The molecule has 0 fully saturated rings. The lowest BCUT2D eigenvalue weighted by atomic mass is 10.2. The van der Waals surface area contributed by atoms with Crippen molar-refractivity contribution < 1.29 is 5.11 Å². The summed E-state index contributed by atoms with van der Waals surface area (Å²) in [5.41, 5.74) is 5.64. The largest absolute Gasteiger partial charge is 0.394 e. The molecule has 1 atom stereocenters. The van der Waals surface area contributed by atoms with Crippen molar-refractivity contribution in [3.63, 3.8) is 0 Å². The second-order valence-electron chi connectivity index (χ2n) is 3.52. The van der Waals surface area contributed by atoms with E-state index in [2.05, 4.69) is 24.0 Å². The van der Waals surface area contributed by atoms with E-state index in [-0.39, 0.29) is 6.61 Å². The molecule has 74 valence electrons. The average molecular weight is 184 g/mol. The summed E-state index contributed by atoms with van der Waals surface area (Å²) in [6.07, 6.45) is 1.64. The Labute approximate surface area is 77.6 Å². The molecule has 0 aromatic carbocycles. The van der Waals surface area contributed by atoms with E-state index in [1.54, 1.807) is 6.33 Å². The molecule has 5 nitrogen and oxygen atoms in total. The van der Waals surface area contributed by atoms with E-state index in [0.717, 1.165) is 6.54 Å². The van der Waals surface area contributed by atoms with Crippen molar-refractivity contribution in [3.8, 4) is 0 Å². The van der Waals surface area contributed by atoms with E-state index in [4.69, 9.17) is 10.8 Å². The third-order valence-corrected chi connectivity index (χ3v) is 1.74. The van der Waals surface area contributed by atoms with Gasteiger partial charge in [0.1, 0.15) is 6.33 Å². The molecule has 1 rings (SSSR count). The van der Waals surface area contributed by atoms with Gasteiger partial charge in [0.2, 0.25) is 0 Å². The molecule has 1 heterocycles. The molecular weight excluding hydrogens is 168 g/mol. The van der Waals surface area contributed by atoms with Crippen LogP contribution in [0.1, 0.15) is 25.7 Å². The average Bonchev–Trinajstić information content (AvgIpc) is 2.50. The number of aliphatic hydroxyl groups is 1. The van der Waals surface area contributed by atoms with Crippen molar-refractivity contribution >= 4 is 0 Å². The first-order chi connectivity index (χ1) is 6.15. The fourth-order valence-electron chi connectivity index (χ4n) is 1.17. The van der Waals surface area contributed by atoms with Gasteiger partial charge in [0.15, 0.2) is 5.82 Å². The second-order valence-corrected chi connectivity index (χ2v) is 3.52. The van der Waals surface area contributed by atoms with Gasteiger partial charge in [-0.05, 0) is 5.92 Å². The van der Waals surface area contributed by atoms with E-state index >= 15 is 0 Å². The molecule has 0 saturated carbocycles. The predicted molar refractivity (Wildman–Crippen MR) is 48.9 cm³/mol. The zero-order valence-electron chi connectivity index (χ0n) is 8.01. The van der Waals surface area contributed by atoms with Crippen LogP contribution in [-0.2, 0) is 6.54 Å². The van der Waals surface area contributed by atoms with E-state index < -0.39 is 6.04 Å². The summed E-state index contributed by atoms with van der Waals surface area (Å²) >= 11 is 0. The van der Waals surface area contributed by atoms with Gasteiger partial charge >= 0.3 is 0 Å². The normalized spacial score (nSPS) is 13.6. The van der Waals surface area contributed by atoms with E-state index in [1.807, 2.05) is 4.57 Å². The first-order valence-electron chi connectivity index (χ1n) is 4.39. The molecule has 0 aliphatic heterocycles. The Hall–Kier alpha value is -0.940. The maximum atomic E-state index is 8.86. The SMILES string of the molecule is CC(C)Cn1cnnc1C(N)CO. The Morgan fingerprint density at radius 3 is 2.85 bits per heavy atom. The highest BCUT2D eigenvalue weighted by molar-refractivity contribution is 4.93. The molecular formula is C8H16N4O. The molecule has 0 radical (unpaired) electrons. The van der Waals surface area contributed by atoms with Gasteiger partial charge in [0.25, 0.3) is 0 Å². The number of nitrogens with zero attached hydrogens (tertiary/aromatic N) is 3. The maximum Gasteiger partial charge on any atom is 0.152 e. The molecule has 0 spiro atoms. The van der Waals surface area contributed by atoms with Crippen LogP contribution in [-0.4, -0.2) is 26.5 Å². The van der Waals surface area contributed by atoms with Gasteiger partial charge in [-0.15, -0.1) is 10.2 Å². The molecule has 1 aromatic heterocycles. The van der Waals surface area contributed by atoms with Crippen molar-refractivity contribution in [1.82, 2.24) is 14.8 Å². The number of hydrogen-bond acceptors (Lipinski definition) is 4. The Kier molecular flexibility index (Phi) is 3.39. The monoisotopic (exact) mass is 184 g/mol. The lowest BCUT2D eigenvalue weighted by Gasteiger charge is -2.11. The van der Waals surface area contributed by atoms with Crippen molar-refractivity contribution in [2.75, 3.05) is 6.61 Å². The van der Waals surface area contributed by atoms with Gasteiger partial charge in [-0.3, -0.25) is 0 Å². The Balaban J connectivity index is 2.76. The molecule has 0 aliphatic rings. The number of aromatic nitrogens is 3. The van der Waals surface area contributed by atoms with Crippen LogP contribution < -0.4 is 5.73 Å². The van der Waals surface area contributed by atoms with Gasteiger partial charge in [-0.1, -0.05) is 13.8 Å². The third-order valence-electron chi connectivity index (χ3n) is 1.74. The number of rotatable bonds is 4. The minimum Gasteiger partial charge on any atom is -0.394 e. The quantitative estimate of drug-likeness (QED) is 0.686. The predicted octanol–water partition coefficient (Wildman–Crippen LogP) is -0.0738. The number of nitrogens with two attached hydrogens (primary N) is 1. The highest BCUT2D eigenvalue weighted by Gasteiger charge is 2.12. The first kappa shape index (κ1) is 10.1. The lowest BCUT2D eigenvalue weighted by molar-refractivity contribution is 0.259. The van der Waals surface area contributed by atoms with Crippen LogP contribution in [0.3, 0.4) is 0 Å². The summed E-state index contributed by atoms with van der Waals surface area (Å²) in [5, 5.41) is 16.5. The minimum atomic E-state index is -0.429. The van der Waals surface area contributed by atoms with Gasteiger partial charge < -0.3 is 15.4 Å². The molecule has 0 bridgehead atoms. The molecule has 1 aromatic rings. The minimum absolute atomic E-state index is 0.100. The summed E-state index contributed by atoms with van der Waals surface area (Å²) < 4.78 is 1.88. The maximum absolute atomic E-state index is 8.86. The number of aliphatic hydroxyl groups excluding tert-OH is 1. The van der Waals surface area contributed by atoms with Crippen LogP contribution in [0.2, 0.25) is 0 Å². The van der Waals surface area contributed by atoms with Crippen molar-refractivity contribution in [1.29, 1.82) is 0 Å². The smallest absolute Gasteiger partial charge is 0.152 e. The molecule has 3 N–H and O–H groups in total. The van der Waals surface area contributed by atoms with Crippen LogP contribution in [0.5, 0.6) is 0 Å². The first-order valence-corrected chi connectivity index (χ1v) is 4.39. The summed E-state index contributed by atoms with van der Waals surface area (Å²) in [5.74, 6) is 1.16. The van der Waals surface area contributed by atoms with Gasteiger partial charge in [-0.2, -0.15) is 0 Å². The molecule has 0 amide bonds. The summed E-state index contributed by atoms with van der Waals surface area (Å²) in [6.45, 7) is 4.94. The second kappa shape index (κ2) is 4.34. The van der Waals surface area contributed by atoms with Crippen LogP contribution in [0.15, 0.2) is 6.33 Å².